The van der Waals surface area contributed by atoms with Crippen LogP contribution < -0.4 is 5.32 Å². The van der Waals surface area contributed by atoms with Crippen LogP contribution in [0.3, 0.4) is 0 Å². The lowest BCUT2D eigenvalue weighted by atomic mass is 9.98. The Bertz CT molecular complexity index is 530. The molecule has 0 aliphatic heterocycles. The van der Waals surface area contributed by atoms with Crippen molar-refractivity contribution < 1.29 is 0 Å². The molecule has 0 spiro atoms. The molecule has 2 nitrogen and oxygen atoms in total. The van der Waals surface area contributed by atoms with E-state index in [-0.39, 0.29) is 0 Å². The first-order chi connectivity index (χ1) is 8.13. The minimum absolute atomic E-state index is 0.511. The number of nitrogens with one attached hydrogen (secondary N) is 1. The summed E-state index contributed by atoms with van der Waals surface area (Å²) in [7, 11) is 1.96. The first-order valence-corrected chi connectivity index (χ1v) is 6.17. The third-order valence-electron chi connectivity index (χ3n) is 3.14. The zero-order valence-electron chi connectivity index (χ0n) is 11.0. The SMILES string of the molecule is CNCc1nc2c(C(C)C)cccc2cc1C. The lowest BCUT2D eigenvalue weighted by Crippen LogP contribution is -2.09. The summed E-state index contributed by atoms with van der Waals surface area (Å²) in [5.41, 5.74) is 4.89. The molecule has 0 bridgehead atoms. The first kappa shape index (κ1) is 12.1. The molecule has 17 heavy (non-hydrogen) atoms. The van der Waals surface area contributed by atoms with Crippen molar-refractivity contribution in [2.75, 3.05) is 7.05 Å². The van der Waals surface area contributed by atoms with Crippen LogP contribution in [-0.2, 0) is 6.54 Å². The van der Waals surface area contributed by atoms with Crippen molar-refractivity contribution in [2.45, 2.75) is 33.2 Å². The number of rotatable bonds is 3. The number of nitrogens with zero attached hydrogens (tertiary/aromatic N) is 1. The van der Waals surface area contributed by atoms with E-state index in [0.29, 0.717) is 5.92 Å². The van der Waals surface area contributed by atoms with Gasteiger partial charge in [0.1, 0.15) is 0 Å². The van der Waals surface area contributed by atoms with E-state index >= 15 is 0 Å². The monoisotopic (exact) mass is 228 g/mol. The van der Waals surface area contributed by atoms with Gasteiger partial charge in [0.05, 0.1) is 11.2 Å². The lowest BCUT2D eigenvalue weighted by Gasteiger charge is -2.12. The molecule has 0 amide bonds. The third-order valence-corrected chi connectivity index (χ3v) is 3.14. The summed E-state index contributed by atoms with van der Waals surface area (Å²) in [5, 5.41) is 4.42. The molecule has 1 aromatic heterocycles. The fourth-order valence-electron chi connectivity index (χ4n) is 2.18. The molecule has 0 aliphatic carbocycles. The van der Waals surface area contributed by atoms with Crippen molar-refractivity contribution in [3.05, 3.63) is 41.1 Å². The fraction of sp³-hybridized carbons (Fsp3) is 0.400. The van der Waals surface area contributed by atoms with Gasteiger partial charge < -0.3 is 5.32 Å². The van der Waals surface area contributed by atoms with Crippen molar-refractivity contribution in [1.82, 2.24) is 10.3 Å². The number of aryl methyl sites for hydroxylation is 1. The quantitative estimate of drug-likeness (QED) is 0.871. The Hall–Kier alpha value is -1.41. The van der Waals surface area contributed by atoms with Gasteiger partial charge in [-0.25, -0.2) is 0 Å². The smallest absolute Gasteiger partial charge is 0.0740 e. The number of fused-ring (bicyclic) bond motifs is 1. The van der Waals surface area contributed by atoms with Gasteiger partial charge in [-0.2, -0.15) is 0 Å². The van der Waals surface area contributed by atoms with Crippen molar-refractivity contribution in [2.24, 2.45) is 0 Å². The summed E-state index contributed by atoms with van der Waals surface area (Å²) in [6.07, 6.45) is 0. The predicted molar refractivity (Wildman–Crippen MR) is 73.3 cm³/mol. The second-order valence-corrected chi connectivity index (χ2v) is 4.86. The Morgan fingerprint density at radius 3 is 2.71 bits per heavy atom. The molecule has 2 aromatic rings. The average molecular weight is 228 g/mol. The van der Waals surface area contributed by atoms with E-state index in [1.807, 2.05) is 7.05 Å². The van der Waals surface area contributed by atoms with Gasteiger partial charge in [-0.15, -0.1) is 0 Å². The van der Waals surface area contributed by atoms with Crippen LogP contribution in [0.2, 0.25) is 0 Å². The van der Waals surface area contributed by atoms with Crippen LogP contribution in [0.15, 0.2) is 24.3 Å². The number of hydrogen-bond acceptors (Lipinski definition) is 2. The number of benzene rings is 1. The second kappa shape index (κ2) is 4.84. The van der Waals surface area contributed by atoms with Crippen LogP contribution in [0.4, 0.5) is 0 Å². The molecule has 0 atom stereocenters. The van der Waals surface area contributed by atoms with Gasteiger partial charge in [0, 0.05) is 11.9 Å². The summed E-state index contributed by atoms with van der Waals surface area (Å²) >= 11 is 0. The molecule has 0 fully saturated rings. The van der Waals surface area contributed by atoms with Crippen LogP contribution in [0.25, 0.3) is 10.9 Å². The minimum Gasteiger partial charge on any atom is -0.314 e. The zero-order valence-corrected chi connectivity index (χ0v) is 11.0. The molecule has 0 unspecified atom stereocenters. The largest absolute Gasteiger partial charge is 0.314 e. The highest BCUT2D eigenvalue weighted by Gasteiger charge is 2.08. The van der Waals surface area contributed by atoms with Crippen LogP contribution in [0, 0.1) is 6.92 Å². The minimum atomic E-state index is 0.511. The molecule has 0 saturated carbocycles. The van der Waals surface area contributed by atoms with E-state index in [0.717, 1.165) is 17.8 Å². The predicted octanol–water partition coefficient (Wildman–Crippen LogP) is 3.39. The van der Waals surface area contributed by atoms with Crippen molar-refractivity contribution >= 4 is 10.9 Å². The number of pyridine rings is 1. The zero-order chi connectivity index (χ0) is 12.4. The van der Waals surface area contributed by atoms with Crippen LogP contribution in [0.5, 0.6) is 0 Å². The molecule has 1 aromatic carbocycles. The summed E-state index contributed by atoms with van der Waals surface area (Å²) in [5.74, 6) is 0.511. The molecule has 1 N–H and O–H groups in total. The molecule has 2 rings (SSSR count). The fourth-order valence-corrected chi connectivity index (χ4v) is 2.18. The van der Waals surface area contributed by atoms with E-state index in [1.165, 1.54) is 16.5 Å². The maximum atomic E-state index is 4.82. The molecule has 1 heterocycles. The Morgan fingerprint density at radius 2 is 2.06 bits per heavy atom. The maximum Gasteiger partial charge on any atom is 0.0740 e. The maximum absolute atomic E-state index is 4.82. The Balaban J connectivity index is 2.67. The van der Waals surface area contributed by atoms with E-state index in [1.54, 1.807) is 0 Å². The number of aromatic nitrogens is 1. The van der Waals surface area contributed by atoms with Gasteiger partial charge in [0.15, 0.2) is 0 Å². The van der Waals surface area contributed by atoms with Gasteiger partial charge in [-0.1, -0.05) is 32.0 Å². The van der Waals surface area contributed by atoms with Gasteiger partial charge in [0.25, 0.3) is 0 Å². The van der Waals surface area contributed by atoms with E-state index in [9.17, 15) is 0 Å². The number of para-hydroxylation sites is 1. The molecule has 0 saturated heterocycles. The standard InChI is InChI=1S/C15H20N2/c1-10(2)13-7-5-6-12-8-11(3)14(9-16-4)17-15(12)13/h5-8,10,16H,9H2,1-4H3. The average Bonchev–Trinajstić information content (AvgIpc) is 2.29. The van der Waals surface area contributed by atoms with E-state index in [4.69, 9.17) is 4.98 Å². The molecule has 90 valence electrons. The molecule has 0 aliphatic rings. The van der Waals surface area contributed by atoms with Gasteiger partial charge in [-0.05, 0) is 37.1 Å². The third kappa shape index (κ3) is 2.32. The van der Waals surface area contributed by atoms with Crippen molar-refractivity contribution in [3.8, 4) is 0 Å². The number of hydrogen-bond donors (Lipinski definition) is 1. The summed E-state index contributed by atoms with van der Waals surface area (Å²) in [6, 6.07) is 8.68. The molecular weight excluding hydrogens is 208 g/mol. The summed E-state index contributed by atoms with van der Waals surface area (Å²) < 4.78 is 0. The van der Waals surface area contributed by atoms with Crippen molar-refractivity contribution in [1.29, 1.82) is 0 Å². The lowest BCUT2D eigenvalue weighted by molar-refractivity contribution is 0.786. The Labute approximate surface area is 103 Å². The highest BCUT2D eigenvalue weighted by Crippen LogP contribution is 2.25. The van der Waals surface area contributed by atoms with Crippen LogP contribution >= 0.6 is 0 Å². The van der Waals surface area contributed by atoms with Crippen molar-refractivity contribution in [3.63, 3.8) is 0 Å². The first-order valence-electron chi connectivity index (χ1n) is 6.17. The summed E-state index contributed by atoms with van der Waals surface area (Å²) in [6.45, 7) is 7.39. The molecular formula is C15H20N2. The van der Waals surface area contributed by atoms with Gasteiger partial charge in [-0.3, -0.25) is 4.98 Å². The highest BCUT2D eigenvalue weighted by atomic mass is 14.9. The van der Waals surface area contributed by atoms with Gasteiger partial charge in [0.2, 0.25) is 0 Å². The highest BCUT2D eigenvalue weighted by molar-refractivity contribution is 5.83. The second-order valence-electron chi connectivity index (χ2n) is 4.86. The van der Waals surface area contributed by atoms with E-state index in [2.05, 4.69) is 50.4 Å². The Morgan fingerprint density at radius 1 is 1.29 bits per heavy atom. The van der Waals surface area contributed by atoms with Crippen LogP contribution in [0.1, 0.15) is 36.6 Å². The molecule has 2 heteroatoms. The van der Waals surface area contributed by atoms with E-state index < -0.39 is 0 Å². The normalized spacial score (nSPS) is 11.4. The van der Waals surface area contributed by atoms with Crippen LogP contribution in [-0.4, -0.2) is 12.0 Å². The Kier molecular flexibility index (Phi) is 3.43. The topological polar surface area (TPSA) is 24.9 Å². The van der Waals surface area contributed by atoms with Gasteiger partial charge >= 0.3 is 0 Å². The summed E-state index contributed by atoms with van der Waals surface area (Å²) in [4.78, 5) is 4.82. The molecule has 0 radical (unpaired) electrons.